The summed E-state index contributed by atoms with van der Waals surface area (Å²) in [5.74, 6) is 0.261. The van der Waals surface area contributed by atoms with Gasteiger partial charge in [-0.2, -0.15) is 0 Å². The smallest absolute Gasteiger partial charge is 0.172 e. The highest BCUT2D eigenvalue weighted by Gasteiger charge is 2.18. The summed E-state index contributed by atoms with van der Waals surface area (Å²) in [5.41, 5.74) is 9.68. The summed E-state index contributed by atoms with van der Waals surface area (Å²) in [7, 11) is 1.51. The van der Waals surface area contributed by atoms with E-state index in [0.717, 1.165) is 5.56 Å². The largest absolute Gasteiger partial charge is 0.496 e. The van der Waals surface area contributed by atoms with Crippen LogP contribution < -0.4 is 4.74 Å². The Balaban J connectivity index is 3.22. The van der Waals surface area contributed by atoms with Crippen LogP contribution >= 0.6 is 0 Å². The van der Waals surface area contributed by atoms with Crippen molar-refractivity contribution in [2.75, 3.05) is 13.7 Å². The third-order valence-corrected chi connectivity index (χ3v) is 2.64. The molecule has 0 unspecified atom stereocenters. The van der Waals surface area contributed by atoms with Crippen LogP contribution in [-0.4, -0.2) is 19.4 Å². The van der Waals surface area contributed by atoms with Gasteiger partial charge in [0.05, 0.1) is 19.2 Å². The number of ether oxygens (including phenoxy) is 1. The van der Waals surface area contributed by atoms with Crippen LogP contribution in [-0.2, 0) is 5.41 Å². The van der Waals surface area contributed by atoms with Crippen molar-refractivity contribution in [2.24, 2.45) is 5.11 Å². The normalized spacial score (nSPS) is 10.7. The molecule has 0 N–H and O–H groups in total. The molecule has 0 heterocycles. The molecule has 18 heavy (non-hydrogen) atoms. The zero-order valence-electron chi connectivity index (χ0n) is 11.1. The maximum atomic E-state index is 11.9. The molecule has 0 radical (unpaired) electrons. The summed E-state index contributed by atoms with van der Waals surface area (Å²) in [5, 5.41) is 3.29. The van der Waals surface area contributed by atoms with Crippen LogP contribution in [0, 0.1) is 0 Å². The minimum absolute atomic E-state index is 0.0558. The predicted octanol–water partition coefficient (Wildman–Crippen LogP) is 3.49. The molecule has 5 nitrogen and oxygen atoms in total. The van der Waals surface area contributed by atoms with Gasteiger partial charge in [0.2, 0.25) is 0 Å². The molecule has 0 amide bonds. The van der Waals surface area contributed by atoms with Crippen LogP contribution in [0.15, 0.2) is 23.3 Å². The van der Waals surface area contributed by atoms with E-state index in [9.17, 15) is 4.79 Å². The average Bonchev–Trinajstić information content (AvgIpc) is 2.34. The van der Waals surface area contributed by atoms with Crippen molar-refractivity contribution < 1.29 is 9.53 Å². The minimum Gasteiger partial charge on any atom is -0.496 e. The monoisotopic (exact) mass is 247 g/mol. The molecule has 96 valence electrons. The van der Waals surface area contributed by atoms with E-state index in [0.29, 0.717) is 11.3 Å². The molecule has 1 aromatic carbocycles. The number of carbonyl (C=O) groups excluding carboxylic acids is 1. The third kappa shape index (κ3) is 3.25. The van der Waals surface area contributed by atoms with Gasteiger partial charge in [-0.1, -0.05) is 32.0 Å². The maximum Gasteiger partial charge on any atom is 0.172 e. The minimum atomic E-state index is -0.240. The lowest BCUT2D eigenvalue weighted by molar-refractivity contribution is 0.0998. The van der Waals surface area contributed by atoms with E-state index in [-0.39, 0.29) is 17.7 Å². The van der Waals surface area contributed by atoms with Crippen LogP contribution in [0.4, 0.5) is 0 Å². The van der Waals surface area contributed by atoms with Crippen molar-refractivity contribution in [1.29, 1.82) is 0 Å². The lowest BCUT2D eigenvalue weighted by Gasteiger charge is -2.20. The van der Waals surface area contributed by atoms with Gasteiger partial charge in [-0.3, -0.25) is 4.79 Å². The van der Waals surface area contributed by atoms with Crippen molar-refractivity contribution >= 4 is 5.78 Å². The van der Waals surface area contributed by atoms with E-state index < -0.39 is 0 Å². The van der Waals surface area contributed by atoms with Gasteiger partial charge in [0.1, 0.15) is 5.75 Å². The van der Waals surface area contributed by atoms with Crippen molar-refractivity contribution in [3.63, 3.8) is 0 Å². The molecule has 0 aliphatic rings. The Kier molecular flexibility index (Phi) is 4.34. The molecule has 0 saturated carbocycles. The fourth-order valence-electron chi connectivity index (χ4n) is 1.57. The van der Waals surface area contributed by atoms with Gasteiger partial charge in [-0.15, -0.1) is 0 Å². The number of rotatable bonds is 4. The molecular weight excluding hydrogens is 230 g/mol. The second kappa shape index (κ2) is 5.56. The van der Waals surface area contributed by atoms with Crippen LogP contribution in [0.5, 0.6) is 5.75 Å². The van der Waals surface area contributed by atoms with E-state index in [1.54, 1.807) is 12.1 Å². The topological polar surface area (TPSA) is 75.1 Å². The Morgan fingerprint density at radius 2 is 2.11 bits per heavy atom. The first-order chi connectivity index (χ1) is 8.40. The fourth-order valence-corrected chi connectivity index (χ4v) is 1.57. The second-order valence-corrected chi connectivity index (χ2v) is 4.98. The van der Waals surface area contributed by atoms with Gasteiger partial charge in [0, 0.05) is 4.91 Å². The van der Waals surface area contributed by atoms with Gasteiger partial charge >= 0.3 is 0 Å². The molecule has 0 spiro atoms. The third-order valence-electron chi connectivity index (χ3n) is 2.64. The molecule has 5 heteroatoms. The molecule has 0 bridgehead atoms. The average molecular weight is 247 g/mol. The van der Waals surface area contributed by atoms with Crippen LogP contribution in [0.25, 0.3) is 10.4 Å². The molecule has 1 aromatic rings. The maximum absolute atomic E-state index is 11.9. The second-order valence-electron chi connectivity index (χ2n) is 4.98. The number of ketones is 1. The predicted molar refractivity (Wildman–Crippen MR) is 70.0 cm³/mol. The van der Waals surface area contributed by atoms with Crippen molar-refractivity contribution in [3.05, 3.63) is 39.8 Å². The zero-order chi connectivity index (χ0) is 13.8. The Morgan fingerprint density at radius 1 is 1.44 bits per heavy atom. The number of hydrogen-bond acceptors (Lipinski definition) is 3. The van der Waals surface area contributed by atoms with Crippen molar-refractivity contribution in [1.82, 2.24) is 0 Å². The van der Waals surface area contributed by atoms with E-state index in [4.69, 9.17) is 10.3 Å². The van der Waals surface area contributed by atoms with Crippen molar-refractivity contribution in [2.45, 2.75) is 26.2 Å². The van der Waals surface area contributed by atoms with E-state index in [1.807, 2.05) is 6.07 Å². The van der Waals surface area contributed by atoms with E-state index >= 15 is 0 Å². The van der Waals surface area contributed by atoms with Gasteiger partial charge in [-0.25, -0.2) is 0 Å². The number of Topliss-reactive ketones (excluding diaryl/α,β-unsaturated/α-hetero) is 1. The molecule has 0 aliphatic carbocycles. The van der Waals surface area contributed by atoms with Gasteiger partial charge in [-0.05, 0) is 28.6 Å². The standard InChI is InChI=1S/C13H17N3O2/c1-13(2,3)9-5-6-12(18-4)10(7-9)11(17)8-15-16-14/h5-7H,8H2,1-4H3. The molecule has 0 aromatic heterocycles. The molecular formula is C13H17N3O2. The highest BCUT2D eigenvalue weighted by Crippen LogP contribution is 2.28. The number of carbonyl (C=O) groups is 1. The van der Waals surface area contributed by atoms with Crippen LogP contribution in [0.1, 0.15) is 36.7 Å². The highest BCUT2D eigenvalue weighted by molar-refractivity contribution is 6.00. The summed E-state index contributed by atoms with van der Waals surface area (Å²) in [6.45, 7) is 6.00. The van der Waals surface area contributed by atoms with Gasteiger partial charge in [0.15, 0.2) is 5.78 Å². The fraction of sp³-hybridized carbons (Fsp3) is 0.462. The quantitative estimate of drug-likeness (QED) is 0.353. The van der Waals surface area contributed by atoms with Crippen molar-refractivity contribution in [3.8, 4) is 5.75 Å². The summed E-state index contributed by atoms with van der Waals surface area (Å²) in [6.07, 6.45) is 0. The number of benzene rings is 1. The van der Waals surface area contributed by atoms with Crippen LogP contribution in [0.2, 0.25) is 0 Å². The molecule has 0 fully saturated rings. The summed E-state index contributed by atoms with van der Waals surface area (Å²) >= 11 is 0. The number of azide groups is 1. The first-order valence-electron chi connectivity index (χ1n) is 5.62. The SMILES string of the molecule is COc1ccc(C(C)(C)C)cc1C(=O)CN=[N+]=[N-]. The first-order valence-corrected chi connectivity index (χ1v) is 5.62. The van der Waals surface area contributed by atoms with E-state index in [2.05, 4.69) is 30.8 Å². The molecule has 0 aliphatic heterocycles. The Morgan fingerprint density at radius 3 is 2.61 bits per heavy atom. The zero-order valence-corrected chi connectivity index (χ0v) is 11.1. The molecule has 0 saturated heterocycles. The first kappa shape index (κ1) is 14.1. The summed E-state index contributed by atoms with van der Waals surface area (Å²) in [6, 6.07) is 5.50. The number of hydrogen-bond donors (Lipinski definition) is 0. The Bertz CT molecular complexity index is 497. The molecule has 0 atom stereocenters. The van der Waals surface area contributed by atoms with Gasteiger partial charge in [0.25, 0.3) is 0 Å². The number of nitrogens with zero attached hydrogens (tertiary/aromatic N) is 3. The summed E-state index contributed by atoms with van der Waals surface area (Å²) < 4.78 is 5.16. The Labute approximate surface area is 106 Å². The molecule has 1 rings (SSSR count). The Hall–Kier alpha value is -2.00. The highest BCUT2D eigenvalue weighted by atomic mass is 16.5. The lowest BCUT2D eigenvalue weighted by atomic mass is 9.85. The van der Waals surface area contributed by atoms with Crippen LogP contribution in [0.3, 0.4) is 0 Å². The van der Waals surface area contributed by atoms with Gasteiger partial charge < -0.3 is 4.74 Å². The lowest BCUT2D eigenvalue weighted by Crippen LogP contribution is -2.13. The number of methoxy groups -OCH3 is 1. The van der Waals surface area contributed by atoms with E-state index in [1.165, 1.54) is 7.11 Å². The summed E-state index contributed by atoms with van der Waals surface area (Å²) in [4.78, 5) is 14.5.